The highest BCUT2D eigenvalue weighted by atomic mass is 15.1. The van der Waals surface area contributed by atoms with Crippen molar-refractivity contribution in [3.05, 3.63) is 83.3 Å². The predicted octanol–water partition coefficient (Wildman–Crippen LogP) is 5.69. The van der Waals surface area contributed by atoms with Crippen molar-refractivity contribution in [2.24, 2.45) is 5.92 Å². The SMILES string of the molecule is C=C1/C=C\C(C)=C/CN(/C=C\C/C=C\C)C2=C1C=C(C)C2C. The Balaban J connectivity index is 2.40. The van der Waals surface area contributed by atoms with Gasteiger partial charge >= 0.3 is 0 Å². The Morgan fingerprint density at radius 1 is 1.27 bits per heavy atom. The van der Waals surface area contributed by atoms with Gasteiger partial charge in [-0.1, -0.05) is 67.2 Å². The number of rotatable bonds is 3. The van der Waals surface area contributed by atoms with Crippen LogP contribution in [0.3, 0.4) is 0 Å². The second kappa shape index (κ2) is 7.31. The fourth-order valence-corrected chi connectivity index (χ4v) is 2.81. The maximum atomic E-state index is 4.27. The zero-order chi connectivity index (χ0) is 16.1. The van der Waals surface area contributed by atoms with E-state index in [1.54, 1.807) is 0 Å². The standard InChI is InChI=1S/C21H27N/c1-6-7-8-9-13-22-14-12-16(2)10-11-17(3)20-15-18(4)19(5)21(20)22/h6-7,9-13,15,19H,3,8,14H2,1-2,4-5H3/b7-6-,11-10-,13-9-,16-12-. The largest absolute Gasteiger partial charge is 0.347 e. The molecule has 0 saturated heterocycles. The fourth-order valence-electron chi connectivity index (χ4n) is 2.81. The van der Waals surface area contributed by atoms with Crippen molar-refractivity contribution < 1.29 is 0 Å². The van der Waals surface area contributed by atoms with Crippen LogP contribution in [0.1, 0.15) is 34.1 Å². The van der Waals surface area contributed by atoms with E-state index in [0.29, 0.717) is 5.92 Å². The van der Waals surface area contributed by atoms with Crippen LogP contribution in [-0.4, -0.2) is 11.4 Å². The Kier molecular flexibility index (Phi) is 5.43. The number of hydrogen-bond donors (Lipinski definition) is 0. The van der Waals surface area contributed by atoms with Gasteiger partial charge in [0, 0.05) is 29.9 Å². The van der Waals surface area contributed by atoms with E-state index in [4.69, 9.17) is 0 Å². The third-order valence-corrected chi connectivity index (χ3v) is 4.35. The van der Waals surface area contributed by atoms with Crippen molar-refractivity contribution in [3.63, 3.8) is 0 Å². The van der Waals surface area contributed by atoms with Crippen LogP contribution in [0.5, 0.6) is 0 Å². The molecule has 1 nitrogen and oxygen atoms in total. The Bertz CT molecular complexity index is 620. The average Bonchev–Trinajstić information content (AvgIpc) is 2.81. The molecule has 0 saturated carbocycles. The smallest absolute Gasteiger partial charge is 0.0408 e. The molecule has 0 aromatic rings. The fraction of sp³-hybridized carbons (Fsp3) is 0.333. The molecule has 2 aliphatic rings. The molecule has 0 amide bonds. The van der Waals surface area contributed by atoms with Gasteiger partial charge in [-0.15, -0.1) is 0 Å². The van der Waals surface area contributed by atoms with Gasteiger partial charge in [-0.2, -0.15) is 0 Å². The van der Waals surface area contributed by atoms with Gasteiger partial charge in [0.15, 0.2) is 0 Å². The summed E-state index contributed by atoms with van der Waals surface area (Å²) < 4.78 is 0. The summed E-state index contributed by atoms with van der Waals surface area (Å²) in [6.07, 6.45) is 18.5. The number of nitrogens with zero attached hydrogens (tertiary/aromatic N) is 1. The monoisotopic (exact) mass is 293 g/mol. The lowest BCUT2D eigenvalue weighted by Crippen LogP contribution is -2.21. The van der Waals surface area contributed by atoms with Gasteiger partial charge in [-0.25, -0.2) is 0 Å². The second-order valence-electron chi connectivity index (χ2n) is 6.06. The molecule has 1 aliphatic carbocycles. The molecular formula is C21H27N. The Morgan fingerprint density at radius 3 is 2.77 bits per heavy atom. The minimum atomic E-state index is 0.443. The molecule has 0 bridgehead atoms. The van der Waals surface area contributed by atoms with Crippen LogP contribution in [0.2, 0.25) is 0 Å². The van der Waals surface area contributed by atoms with Gasteiger partial charge in [0.25, 0.3) is 0 Å². The summed E-state index contributed by atoms with van der Waals surface area (Å²) in [4.78, 5) is 2.37. The molecule has 1 unspecified atom stereocenters. The first-order valence-corrected chi connectivity index (χ1v) is 8.05. The molecule has 0 fully saturated rings. The Labute approximate surface area is 135 Å². The molecule has 22 heavy (non-hydrogen) atoms. The second-order valence-corrected chi connectivity index (χ2v) is 6.06. The molecule has 0 aromatic heterocycles. The van der Waals surface area contributed by atoms with Crippen LogP contribution in [0.25, 0.3) is 0 Å². The van der Waals surface area contributed by atoms with Crippen LogP contribution < -0.4 is 0 Å². The van der Waals surface area contributed by atoms with Gasteiger partial charge in [-0.05, 0) is 32.8 Å². The molecular weight excluding hydrogens is 266 g/mol. The van der Waals surface area contributed by atoms with Crippen LogP contribution in [0.15, 0.2) is 83.3 Å². The highest BCUT2D eigenvalue weighted by Crippen LogP contribution is 2.37. The van der Waals surface area contributed by atoms with Gasteiger partial charge in [-0.3, -0.25) is 0 Å². The van der Waals surface area contributed by atoms with Gasteiger partial charge in [0.05, 0.1) is 0 Å². The van der Waals surface area contributed by atoms with E-state index < -0.39 is 0 Å². The molecule has 0 radical (unpaired) electrons. The lowest BCUT2D eigenvalue weighted by atomic mass is 10.0. The van der Waals surface area contributed by atoms with Crippen LogP contribution in [0.4, 0.5) is 0 Å². The van der Waals surface area contributed by atoms with E-state index in [2.05, 4.69) is 87.9 Å². The van der Waals surface area contributed by atoms with Gasteiger partial charge in [0.2, 0.25) is 0 Å². The molecule has 1 aliphatic heterocycles. The van der Waals surface area contributed by atoms with Gasteiger partial charge in [0.1, 0.15) is 0 Å². The van der Waals surface area contributed by atoms with E-state index in [1.807, 2.05) is 0 Å². The summed E-state index contributed by atoms with van der Waals surface area (Å²) in [5, 5.41) is 0. The van der Waals surface area contributed by atoms with E-state index in [1.165, 1.54) is 22.4 Å². The number of allylic oxidation sites excluding steroid dienone is 10. The summed E-state index contributed by atoms with van der Waals surface area (Å²) in [6, 6.07) is 0. The number of hydrogen-bond acceptors (Lipinski definition) is 1. The van der Waals surface area contributed by atoms with Crippen molar-refractivity contribution in [1.29, 1.82) is 0 Å². The van der Waals surface area contributed by atoms with Crippen LogP contribution in [-0.2, 0) is 0 Å². The van der Waals surface area contributed by atoms with Gasteiger partial charge < -0.3 is 4.90 Å². The first-order valence-electron chi connectivity index (χ1n) is 8.05. The summed E-state index contributed by atoms with van der Waals surface area (Å²) in [5.74, 6) is 0.443. The molecule has 1 heterocycles. The van der Waals surface area contributed by atoms with E-state index >= 15 is 0 Å². The quantitative estimate of drug-likeness (QED) is 0.604. The third-order valence-electron chi connectivity index (χ3n) is 4.35. The van der Waals surface area contributed by atoms with Crippen molar-refractivity contribution in [2.75, 3.05) is 6.54 Å². The van der Waals surface area contributed by atoms with E-state index in [-0.39, 0.29) is 0 Å². The molecule has 116 valence electrons. The minimum Gasteiger partial charge on any atom is -0.347 e. The van der Waals surface area contributed by atoms with Crippen molar-refractivity contribution in [3.8, 4) is 0 Å². The topological polar surface area (TPSA) is 3.24 Å². The predicted molar refractivity (Wildman–Crippen MR) is 97.3 cm³/mol. The summed E-state index contributed by atoms with van der Waals surface area (Å²) >= 11 is 0. The molecule has 0 aromatic carbocycles. The average molecular weight is 293 g/mol. The molecule has 0 spiro atoms. The first-order chi connectivity index (χ1) is 10.5. The highest BCUT2D eigenvalue weighted by molar-refractivity contribution is 5.55. The van der Waals surface area contributed by atoms with Crippen LogP contribution in [0, 0.1) is 5.92 Å². The molecule has 1 atom stereocenters. The Morgan fingerprint density at radius 2 is 2.05 bits per heavy atom. The zero-order valence-corrected chi connectivity index (χ0v) is 14.3. The maximum absolute atomic E-state index is 4.27. The maximum Gasteiger partial charge on any atom is 0.0408 e. The first kappa shape index (κ1) is 16.4. The summed E-state index contributed by atoms with van der Waals surface area (Å²) in [5.41, 5.74) is 6.44. The highest BCUT2D eigenvalue weighted by Gasteiger charge is 2.26. The van der Waals surface area contributed by atoms with Crippen molar-refractivity contribution in [2.45, 2.75) is 34.1 Å². The van der Waals surface area contributed by atoms with E-state index in [9.17, 15) is 0 Å². The van der Waals surface area contributed by atoms with Crippen molar-refractivity contribution >= 4 is 0 Å². The third kappa shape index (κ3) is 3.59. The minimum absolute atomic E-state index is 0.443. The molecule has 2 rings (SSSR count). The zero-order valence-electron chi connectivity index (χ0n) is 14.3. The molecule has 1 heteroatoms. The van der Waals surface area contributed by atoms with Crippen LogP contribution >= 0.6 is 0 Å². The lowest BCUT2D eigenvalue weighted by Gasteiger charge is -2.26. The molecule has 0 N–H and O–H groups in total. The van der Waals surface area contributed by atoms with Crippen molar-refractivity contribution in [1.82, 2.24) is 4.90 Å². The summed E-state index contributed by atoms with van der Waals surface area (Å²) in [7, 11) is 0. The Hall–Kier alpha value is -2.02. The summed E-state index contributed by atoms with van der Waals surface area (Å²) in [6.45, 7) is 13.9. The lowest BCUT2D eigenvalue weighted by molar-refractivity contribution is 0.461. The normalized spacial score (nSPS) is 26.6. The van der Waals surface area contributed by atoms with E-state index in [0.717, 1.165) is 18.5 Å².